The maximum absolute atomic E-state index is 9.82. The standard InChI is InChI=1S/C18H10ClN3/c19-15-8-6-13(7-9-15)16-17(10-20,11-21)18(16,12-22)14-4-2-1-3-5-14/h1-9,16H/t16-,18-/m1/s1. The van der Waals surface area contributed by atoms with E-state index in [1.165, 1.54) is 0 Å². The summed E-state index contributed by atoms with van der Waals surface area (Å²) < 4.78 is 0. The van der Waals surface area contributed by atoms with Gasteiger partial charge in [0, 0.05) is 10.9 Å². The highest BCUT2D eigenvalue weighted by atomic mass is 35.5. The third kappa shape index (κ3) is 1.59. The van der Waals surface area contributed by atoms with Gasteiger partial charge in [0.25, 0.3) is 0 Å². The van der Waals surface area contributed by atoms with Crippen molar-refractivity contribution in [3.63, 3.8) is 0 Å². The molecule has 4 heteroatoms. The van der Waals surface area contributed by atoms with Gasteiger partial charge in [0.15, 0.2) is 5.41 Å². The van der Waals surface area contributed by atoms with E-state index < -0.39 is 16.7 Å². The number of hydrogen-bond acceptors (Lipinski definition) is 3. The molecule has 104 valence electrons. The normalized spacial score (nSPS) is 24.5. The van der Waals surface area contributed by atoms with Gasteiger partial charge in [-0.15, -0.1) is 0 Å². The van der Waals surface area contributed by atoms with Crippen LogP contribution in [0.4, 0.5) is 0 Å². The number of nitrogens with zero attached hydrogens (tertiary/aromatic N) is 3. The predicted molar refractivity (Wildman–Crippen MR) is 81.6 cm³/mol. The largest absolute Gasteiger partial charge is 0.197 e. The summed E-state index contributed by atoms with van der Waals surface area (Å²) >= 11 is 5.90. The molecule has 0 heterocycles. The first-order chi connectivity index (χ1) is 10.7. The van der Waals surface area contributed by atoms with Crippen LogP contribution < -0.4 is 0 Å². The topological polar surface area (TPSA) is 71.4 Å². The Morgan fingerprint density at radius 3 is 1.91 bits per heavy atom. The highest BCUT2D eigenvalue weighted by molar-refractivity contribution is 6.30. The van der Waals surface area contributed by atoms with Crippen molar-refractivity contribution in [2.24, 2.45) is 5.41 Å². The molecule has 0 saturated heterocycles. The summed E-state index contributed by atoms with van der Waals surface area (Å²) in [5.74, 6) is -0.486. The van der Waals surface area contributed by atoms with Gasteiger partial charge >= 0.3 is 0 Å². The number of benzene rings is 2. The predicted octanol–water partition coefficient (Wildman–Crippen LogP) is 3.93. The SMILES string of the molecule is N#CC1(C#N)[C@@H](c2ccc(Cl)cc2)[C@@]1(C#N)c1ccccc1. The Kier molecular flexibility index (Phi) is 3.14. The Morgan fingerprint density at radius 1 is 0.818 bits per heavy atom. The van der Waals surface area contributed by atoms with Crippen LogP contribution in [0.25, 0.3) is 0 Å². The fourth-order valence-corrected chi connectivity index (χ4v) is 3.40. The first-order valence-corrected chi connectivity index (χ1v) is 7.09. The molecule has 1 aliphatic carbocycles. The molecule has 22 heavy (non-hydrogen) atoms. The average molecular weight is 304 g/mol. The highest BCUT2D eigenvalue weighted by Gasteiger charge is 2.81. The van der Waals surface area contributed by atoms with Gasteiger partial charge in [-0.1, -0.05) is 54.1 Å². The van der Waals surface area contributed by atoms with Gasteiger partial charge in [0.1, 0.15) is 5.41 Å². The summed E-state index contributed by atoms with van der Waals surface area (Å²) in [4.78, 5) is 0. The van der Waals surface area contributed by atoms with E-state index in [1.54, 1.807) is 36.4 Å². The van der Waals surface area contributed by atoms with Crippen LogP contribution in [0.1, 0.15) is 17.0 Å². The lowest BCUT2D eigenvalue weighted by molar-refractivity contribution is 0.742. The van der Waals surface area contributed by atoms with Gasteiger partial charge in [0.05, 0.1) is 18.2 Å². The van der Waals surface area contributed by atoms with Crippen molar-refractivity contribution in [3.8, 4) is 18.2 Å². The molecule has 3 rings (SSSR count). The molecule has 2 aromatic rings. The molecule has 0 bridgehead atoms. The number of nitriles is 3. The van der Waals surface area contributed by atoms with E-state index in [9.17, 15) is 15.8 Å². The smallest absolute Gasteiger partial charge is 0.175 e. The van der Waals surface area contributed by atoms with Crippen LogP contribution in [0.2, 0.25) is 5.02 Å². The van der Waals surface area contributed by atoms with E-state index in [0.29, 0.717) is 10.6 Å². The molecule has 0 aliphatic heterocycles. The Labute approximate surface area is 133 Å². The van der Waals surface area contributed by atoms with Crippen molar-refractivity contribution < 1.29 is 0 Å². The lowest BCUT2D eigenvalue weighted by Crippen LogP contribution is -2.14. The quantitative estimate of drug-likeness (QED) is 0.843. The van der Waals surface area contributed by atoms with E-state index in [2.05, 4.69) is 18.2 Å². The minimum atomic E-state index is -1.38. The molecule has 1 saturated carbocycles. The number of hydrogen-bond donors (Lipinski definition) is 0. The second kappa shape index (κ2) is 4.88. The molecule has 2 atom stereocenters. The van der Waals surface area contributed by atoms with Crippen molar-refractivity contribution in [2.75, 3.05) is 0 Å². The zero-order valence-electron chi connectivity index (χ0n) is 11.5. The van der Waals surface area contributed by atoms with Crippen molar-refractivity contribution in [2.45, 2.75) is 11.3 Å². The highest BCUT2D eigenvalue weighted by Crippen LogP contribution is 2.73. The molecular weight excluding hydrogens is 294 g/mol. The fourth-order valence-electron chi connectivity index (χ4n) is 3.27. The van der Waals surface area contributed by atoms with Crippen LogP contribution in [0.3, 0.4) is 0 Å². The molecule has 1 fully saturated rings. The van der Waals surface area contributed by atoms with Crippen LogP contribution in [0.5, 0.6) is 0 Å². The monoisotopic (exact) mass is 303 g/mol. The molecule has 3 nitrogen and oxygen atoms in total. The summed E-state index contributed by atoms with van der Waals surface area (Å²) in [7, 11) is 0. The second-order valence-electron chi connectivity index (χ2n) is 5.30. The summed E-state index contributed by atoms with van der Waals surface area (Å²) in [6.45, 7) is 0. The fraction of sp³-hybridized carbons (Fsp3) is 0.167. The molecule has 0 aromatic heterocycles. The van der Waals surface area contributed by atoms with Crippen LogP contribution in [-0.2, 0) is 5.41 Å². The average Bonchev–Trinajstić information content (AvgIpc) is 3.20. The summed E-state index contributed by atoms with van der Waals surface area (Å²) in [6.07, 6.45) is 0. The minimum absolute atomic E-state index is 0.486. The molecule has 1 aliphatic rings. The Hall–Kier alpha value is -2.80. The molecule has 0 radical (unpaired) electrons. The minimum Gasteiger partial charge on any atom is -0.197 e. The Bertz CT molecular complexity index is 823. The zero-order chi connectivity index (χ0) is 15.8. The van der Waals surface area contributed by atoms with Crippen LogP contribution >= 0.6 is 11.6 Å². The summed E-state index contributed by atoms with van der Waals surface area (Å²) in [5, 5.41) is 29.6. The summed E-state index contributed by atoms with van der Waals surface area (Å²) in [6, 6.07) is 22.4. The molecule has 0 amide bonds. The van der Waals surface area contributed by atoms with E-state index in [0.717, 1.165) is 5.56 Å². The van der Waals surface area contributed by atoms with Gasteiger partial charge in [-0.25, -0.2) is 0 Å². The first-order valence-electron chi connectivity index (χ1n) is 6.71. The second-order valence-corrected chi connectivity index (χ2v) is 5.74. The third-order valence-corrected chi connectivity index (χ3v) is 4.62. The molecule has 2 aromatic carbocycles. The third-order valence-electron chi connectivity index (χ3n) is 4.37. The number of rotatable bonds is 2. The van der Waals surface area contributed by atoms with Crippen molar-refractivity contribution >= 4 is 11.6 Å². The lowest BCUT2D eigenvalue weighted by atomic mass is 9.88. The van der Waals surface area contributed by atoms with E-state index in [-0.39, 0.29) is 0 Å². The first kappa shape index (κ1) is 14.2. The van der Waals surface area contributed by atoms with Gasteiger partial charge in [-0.3, -0.25) is 0 Å². The van der Waals surface area contributed by atoms with E-state index >= 15 is 0 Å². The Balaban J connectivity index is 2.22. The van der Waals surface area contributed by atoms with Gasteiger partial charge in [0.2, 0.25) is 0 Å². The van der Waals surface area contributed by atoms with Crippen LogP contribution in [-0.4, -0.2) is 0 Å². The molecule has 0 unspecified atom stereocenters. The van der Waals surface area contributed by atoms with Crippen molar-refractivity contribution in [3.05, 3.63) is 70.7 Å². The maximum Gasteiger partial charge on any atom is 0.175 e. The van der Waals surface area contributed by atoms with E-state index in [1.807, 2.05) is 18.2 Å². The molecular formula is C18H10ClN3. The number of halogens is 1. The molecule has 0 spiro atoms. The van der Waals surface area contributed by atoms with Crippen LogP contribution in [0.15, 0.2) is 54.6 Å². The van der Waals surface area contributed by atoms with Gasteiger partial charge in [-0.2, -0.15) is 15.8 Å². The maximum atomic E-state index is 9.82. The van der Waals surface area contributed by atoms with Gasteiger partial charge in [-0.05, 0) is 23.3 Å². The zero-order valence-corrected chi connectivity index (χ0v) is 12.2. The lowest BCUT2D eigenvalue weighted by Gasteiger charge is -2.09. The van der Waals surface area contributed by atoms with Crippen molar-refractivity contribution in [1.29, 1.82) is 15.8 Å². The van der Waals surface area contributed by atoms with E-state index in [4.69, 9.17) is 11.6 Å². The Morgan fingerprint density at radius 2 is 1.41 bits per heavy atom. The van der Waals surface area contributed by atoms with Crippen LogP contribution in [0, 0.1) is 39.4 Å². The summed E-state index contributed by atoms with van der Waals surface area (Å²) in [5.41, 5.74) is -1.05. The molecule has 0 N–H and O–H groups in total. The van der Waals surface area contributed by atoms with Gasteiger partial charge < -0.3 is 0 Å². The van der Waals surface area contributed by atoms with Crippen molar-refractivity contribution in [1.82, 2.24) is 0 Å².